The summed E-state index contributed by atoms with van der Waals surface area (Å²) in [7, 11) is 0. The first-order valence-corrected chi connectivity index (χ1v) is 5.60. The summed E-state index contributed by atoms with van der Waals surface area (Å²) >= 11 is 0. The van der Waals surface area contributed by atoms with Crippen LogP contribution in [0.5, 0.6) is 5.75 Å². The quantitative estimate of drug-likeness (QED) is 0.834. The molecule has 0 saturated carbocycles. The van der Waals surface area contributed by atoms with Crippen LogP contribution in [0, 0.1) is 0 Å². The molecule has 18 heavy (non-hydrogen) atoms. The van der Waals surface area contributed by atoms with E-state index in [0.29, 0.717) is 29.4 Å². The molecule has 0 aliphatic carbocycles. The lowest BCUT2D eigenvalue weighted by Crippen LogP contribution is -2.21. The standard InChI is InChI=1S/C14H14N2O2/c1-3-5-10-12(17)7-6-11-13(10)14(18)16(8-4-2)9-15-11/h3-4,6-7,9,17H,1-2,5,8H2. The topological polar surface area (TPSA) is 55.1 Å². The summed E-state index contributed by atoms with van der Waals surface area (Å²) in [4.78, 5) is 16.5. The van der Waals surface area contributed by atoms with Crippen LogP contribution in [0.1, 0.15) is 5.56 Å². The van der Waals surface area contributed by atoms with E-state index in [1.165, 1.54) is 10.9 Å². The Balaban J connectivity index is 2.83. The number of phenols is 1. The minimum absolute atomic E-state index is 0.0950. The highest BCUT2D eigenvalue weighted by molar-refractivity contribution is 5.83. The van der Waals surface area contributed by atoms with Crippen molar-refractivity contribution in [1.29, 1.82) is 0 Å². The number of aromatic hydroxyl groups is 1. The highest BCUT2D eigenvalue weighted by Gasteiger charge is 2.11. The second kappa shape index (κ2) is 4.87. The van der Waals surface area contributed by atoms with E-state index >= 15 is 0 Å². The molecule has 0 radical (unpaired) electrons. The van der Waals surface area contributed by atoms with E-state index in [9.17, 15) is 9.90 Å². The van der Waals surface area contributed by atoms with Crippen molar-refractivity contribution in [2.45, 2.75) is 13.0 Å². The molecule has 0 fully saturated rings. The Morgan fingerprint density at radius 3 is 2.78 bits per heavy atom. The number of allylic oxidation sites excluding steroid dienone is 2. The second-order valence-electron chi connectivity index (χ2n) is 3.94. The van der Waals surface area contributed by atoms with Gasteiger partial charge in [-0.1, -0.05) is 12.2 Å². The lowest BCUT2D eigenvalue weighted by Gasteiger charge is -2.08. The van der Waals surface area contributed by atoms with Crippen LogP contribution in [0.2, 0.25) is 0 Å². The molecule has 1 aromatic heterocycles. The lowest BCUT2D eigenvalue weighted by atomic mass is 10.1. The predicted octanol–water partition coefficient (Wildman–Crippen LogP) is 2.02. The van der Waals surface area contributed by atoms with Gasteiger partial charge in [-0.15, -0.1) is 13.2 Å². The summed E-state index contributed by atoms with van der Waals surface area (Å²) in [6, 6.07) is 3.18. The maximum Gasteiger partial charge on any atom is 0.261 e. The van der Waals surface area contributed by atoms with Crippen LogP contribution in [0.25, 0.3) is 10.9 Å². The van der Waals surface area contributed by atoms with Gasteiger partial charge in [0.05, 0.1) is 17.2 Å². The summed E-state index contributed by atoms with van der Waals surface area (Å²) < 4.78 is 1.46. The minimum Gasteiger partial charge on any atom is -0.508 e. The number of rotatable bonds is 4. The van der Waals surface area contributed by atoms with Crippen LogP contribution < -0.4 is 5.56 Å². The smallest absolute Gasteiger partial charge is 0.261 e. The third-order valence-electron chi connectivity index (χ3n) is 2.75. The second-order valence-corrected chi connectivity index (χ2v) is 3.94. The Morgan fingerprint density at radius 2 is 2.11 bits per heavy atom. The largest absolute Gasteiger partial charge is 0.508 e. The number of phenolic OH excluding ortho intramolecular Hbond substituents is 1. The molecule has 2 aromatic rings. The van der Waals surface area contributed by atoms with E-state index in [-0.39, 0.29) is 11.3 Å². The van der Waals surface area contributed by atoms with Crippen molar-refractivity contribution in [3.05, 3.63) is 59.7 Å². The van der Waals surface area contributed by atoms with Crippen molar-refractivity contribution < 1.29 is 5.11 Å². The van der Waals surface area contributed by atoms with Gasteiger partial charge in [-0.05, 0) is 18.6 Å². The first-order valence-electron chi connectivity index (χ1n) is 5.60. The fraction of sp³-hybridized carbons (Fsp3) is 0.143. The number of benzene rings is 1. The average molecular weight is 242 g/mol. The number of hydrogen-bond acceptors (Lipinski definition) is 3. The average Bonchev–Trinajstić information content (AvgIpc) is 2.36. The van der Waals surface area contributed by atoms with Crippen LogP contribution in [0.15, 0.2) is 48.6 Å². The monoisotopic (exact) mass is 242 g/mol. The van der Waals surface area contributed by atoms with E-state index < -0.39 is 0 Å². The lowest BCUT2D eigenvalue weighted by molar-refractivity contribution is 0.470. The van der Waals surface area contributed by atoms with Gasteiger partial charge < -0.3 is 5.11 Å². The number of nitrogens with zero attached hydrogens (tertiary/aromatic N) is 2. The SMILES string of the molecule is C=CCc1c(O)ccc2ncn(CC=C)c(=O)c12. The highest BCUT2D eigenvalue weighted by Crippen LogP contribution is 2.24. The Bertz CT molecular complexity index is 671. The molecule has 0 amide bonds. The number of hydrogen-bond donors (Lipinski definition) is 1. The Kier molecular flexibility index (Phi) is 3.28. The van der Waals surface area contributed by atoms with Gasteiger partial charge in [-0.25, -0.2) is 4.98 Å². The molecule has 0 bridgehead atoms. The highest BCUT2D eigenvalue weighted by atomic mass is 16.3. The molecule has 4 heteroatoms. The predicted molar refractivity (Wildman–Crippen MR) is 71.8 cm³/mol. The van der Waals surface area contributed by atoms with Gasteiger partial charge in [0.2, 0.25) is 0 Å². The molecule has 0 saturated heterocycles. The van der Waals surface area contributed by atoms with E-state index in [0.717, 1.165) is 0 Å². The Morgan fingerprint density at radius 1 is 1.33 bits per heavy atom. The normalized spacial score (nSPS) is 10.4. The first kappa shape index (κ1) is 12.1. The maximum absolute atomic E-state index is 12.3. The zero-order chi connectivity index (χ0) is 13.1. The molecule has 0 atom stereocenters. The molecule has 0 aliphatic rings. The molecule has 2 rings (SSSR count). The van der Waals surface area contributed by atoms with Crippen molar-refractivity contribution >= 4 is 10.9 Å². The Hall–Kier alpha value is -2.36. The van der Waals surface area contributed by atoms with Crippen molar-refractivity contribution in [2.75, 3.05) is 0 Å². The zero-order valence-electron chi connectivity index (χ0n) is 9.97. The zero-order valence-corrected chi connectivity index (χ0v) is 9.97. The van der Waals surface area contributed by atoms with Gasteiger partial charge in [0.1, 0.15) is 5.75 Å². The molecule has 0 aliphatic heterocycles. The number of aromatic nitrogens is 2. The van der Waals surface area contributed by atoms with Gasteiger partial charge in [0.25, 0.3) is 5.56 Å². The molecule has 4 nitrogen and oxygen atoms in total. The summed E-state index contributed by atoms with van der Waals surface area (Å²) in [6.07, 6.45) is 5.20. The van der Waals surface area contributed by atoms with Gasteiger partial charge in [0.15, 0.2) is 0 Å². The molecule has 0 unspecified atom stereocenters. The number of fused-ring (bicyclic) bond motifs is 1. The molecule has 92 valence electrons. The van der Waals surface area contributed by atoms with Gasteiger partial charge in [0, 0.05) is 12.1 Å². The van der Waals surface area contributed by atoms with Crippen molar-refractivity contribution in [1.82, 2.24) is 9.55 Å². The van der Waals surface area contributed by atoms with Crippen LogP contribution in [-0.4, -0.2) is 14.7 Å². The van der Waals surface area contributed by atoms with Crippen LogP contribution >= 0.6 is 0 Å². The molecule has 1 heterocycles. The molecule has 1 aromatic carbocycles. The van der Waals surface area contributed by atoms with Crippen LogP contribution in [0.3, 0.4) is 0 Å². The van der Waals surface area contributed by atoms with E-state index in [1.54, 1.807) is 24.3 Å². The summed E-state index contributed by atoms with van der Waals surface area (Å²) in [5.41, 5.74) is 0.973. The van der Waals surface area contributed by atoms with Crippen molar-refractivity contribution in [2.24, 2.45) is 0 Å². The summed E-state index contributed by atoms with van der Waals surface area (Å²) in [5, 5.41) is 10.3. The van der Waals surface area contributed by atoms with Gasteiger partial charge in [-0.2, -0.15) is 0 Å². The fourth-order valence-corrected chi connectivity index (χ4v) is 1.92. The minimum atomic E-state index is -0.173. The van der Waals surface area contributed by atoms with Crippen molar-refractivity contribution in [3.8, 4) is 5.75 Å². The van der Waals surface area contributed by atoms with E-state index in [2.05, 4.69) is 18.1 Å². The van der Waals surface area contributed by atoms with Crippen molar-refractivity contribution in [3.63, 3.8) is 0 Å². The van der Waals surface area contributed by atoms with E-state index in [1.807, 2.05) is 0 Å². The summed E-state index contributed by atoms with van der Waals surface area (Å²) in [6.45, 7) is 7.63. The first-order chi connectivity index (χ1) is 8.69. The third kappa shape index (κ3) is 1.93. The molecular weight excluding hydrogens is 228 g/mol. The third-order valence-corrected chi connectivity index (χ3v) is 2.75. The molecule has 1 N–H and O–H groups in total. The Labute approximate surface area is 105 Å². The fourth-order valence-electron chi connectivity index (χ4n) is 1.92. The van der Waals surface area contributed by atoms with Crippen LogP contribution in [-0.2, 0) is 13.0 Å². The van der Waals surface area contributed by atoms with Gasteiger partial charge >= 0.3 is 0 Å². The summed E-state index contributed by atoms with van der Waals surface area (Å²) in [5.74, 6) is 0.0950. The molecular formula is C14H14N2O2. The maximum atomic E-state index is 12.3. The van der Waals surface area contributed by atoms with Gasteiger partial charge in [-0.3, -0.25) is 9.36 Å². The van der Waals surface area contributed by atoms with E-state index in [4.69, 9.17) is 0 Å². The van der Waals surface area contributed by atoms with Crippen LogP contribution in [0.4, 0.5) is 0 Å². The molecule has 0 spiro atoms.